The van der Waals surface area contributed by atoms with Gasteiger partial charge in [0.25, 0.3) is 0 Å². The van der Waals surface area contributed by atoms with Gasteiger partial charge >= 0.3 is 23.9 Å². The van der Waals surface area contributed by atoms with E-state index < -0.39 is 82.5 Å². The summed E-state index contributed by atoms with van der Waals surface area (Å²) in [7, 11) is 0. The van der Waals surface area contributed by atoms with Crippen LogP contribution in [0.3, 0.4) is 0 Å². The fraction of sp³-hybridized carbons (Fsp3) is 0.515. The van der Waals surface area contributed by atoms with Crippen molar-refractivity contribution in [2.75, 3.05) is 0 Å². The molecule has 0 spiro atoms. The molecule has 0 aromatic heterocycles. The first-order chi connectivity index (χ1) is 20.0. The van der Waals surface area contributed by atoms with Crippen LogP contribution in [-0.2, 0) is 42.9 Å². The molecule has 0 N–H and O–H groups in total. The Kier molecular flexibility index (Phi) is 10.1. The van der Waals surface area contributed by atoms with E-state index in [1.54, 1.807) is 71.0 Å². The van der Waals surface area contributed by atoms with Gasteiger partial charge in [-0.1, -0.05) is 50.3 Å². The van der Waals surface area contributed by atoms with Crippen LogP contribution in [0.15, 0.2) is 54.1 Å². The van der Waals surface area contributed by atoms with Gasteiger partial charge in [0.05, 0.1) is 11.5 Å². The minimum Gasteiger partial charge on any atom is -0.458 e. The molecule has 10 nitrogen and oxygen atoms in total. The lowest BCUT2D eigenvalue weighted by molar-refractivity contribution is -0.171. The van der Waals surface area contributed by atoms with Gasteiger partial charge < -0.3 is 18.9 Å². The van der Waals surface area contributed by atoms with E-state index in [9.17, 15) is 28.8 Å². The van der Waals surface area contributed by atoms with Crippen LogP contribution < -0.4 is 0 Å². The Morgan fingerprint density at radius 3 is 1.95 bits per heavy atom. The van der Waals surface area contributed by atoms with Gasteiger partial charge in [-0.2, -0.15) is 0 Å². The number of carbonyl (C=O) groups excluding carboxylic acids is 6. The first kappa shape index (κ1) is 33.4. The van der Waals surface area contributed by atoms with Crippen molar-refractivity contribution in [1.82, 2.24) is 0 Å². The lowest BCUT2D eigenvalue weighted by Gasteiger charge is -2.37. The van der Waals surface area contributed by atoms with Crippen LogP contribution in [-0.4, -0.2) is 59.4 Å². The van der Waals surface area contributed by atoms with E-state index in [1.807, 2.05) is 0 Å². The molecule has 2 aliphatic carbocycles. The number of hydrogen-bond donors (Lipinski definition) is 0. The highest BCUT2D eigenvalue weighted by Crippen LogP contribution is 2.48. The monoisotopic (exact) mass is 596 g/mol. The van der Waals surface area contributed by atoms with Crippen LogP contribution in [0.4, 0.5) is 0 Å². The number of ether oxygens (including phenoxy) is 4. The maximum Gasteiger partial charge on any atom is 0.338 e. The third-order valence-corrected chi connectivity index (χ3v) is 7.93. The zero-order valence-corrected chi connectivity index (χ0v) is 25.9. The molecule has 1 fully saturated rings. The van der Waals surface area contributed by atoms with Crippen molar-refractivity contribution in [2.45, 2.75) is 85.7 Å². The van der Waals surface area contributed by atoms with Gasteiger partial charge in [0.2, 0.25) is 6.10 Å². The van der Waals surface area contributed by atoms with E-state index in [-0.39, 0.29) is 17.6 Å². The number of ketones is 2. The largest absolute Gasteiger partial charge is 0.458 e. The Morgan fingerprint density at radius 2 is 1.40 bits per heavy atom. The van der Waals surface area contributed by atoms with Crippen LogP contribution >= 0.6 is 0 Å². The van der Waals surface area contributed by atoms with Gasteiger partial charge in [-0.25, -0.2) is 4.79 Å². The third-order valence-electron chi connectivity index (χ3n) is 7.93. The predicted molar refractivity (Wildman–Crippen MR) is 154 cm³/mol. The first-order valence-electron chi connectivity index (χ1n) is 14.3. The molecule has 0 radical (unpaired) electrons. The van der Waals surface area contributed by atoms with Crippen LogP contribution in [0.2, 0.25) is 0 Å². The third kappa shape index (κ3) is 7.29. The Morgan fingerprint density at radius 1 is 0.814 bits per heavy atom. The highest BCUT2D eigenvalue weighted by Gasteiger charge is 2.61. The normalized spacial score (nSPS) is 30.6. The number of rotatable bonds is 5. The molecule has 0 heterocycles. The number of allylic oxidation sites excluding steroid dienone is 2. The number of hydrogen-bond acceptors (Lipinski definition) is 10. The molecule has 0 amide bonds. The minimum atomic E-state index is -1.76. The fourth-order valence-corrected chi connectivity index (χ4v) is 5.90. The summed E-state index contributed by atoms with van der Waals surface area (Å²) < 4.78 is 22.9. The Hall–Kier alpha value is -4.08. The standard InChI is InChI=1S/C33H40O10/c1-18-14-15-32(7,8)30(38)28(41-22(5)35)27(40-21(4)34)19(2)16-25-26(42-31(39)24-12-10-9-11-13-24)20(3)17-33(25,29(18)37)43-23(6)36/h9-16,18,20,25-28H,17H2,1-8H3. The van der Waals surface area contributed by atoms with E-state index in [0.717, 1.165) is 13.8 Å². The van der Waals surface area contributed by atoms with Crippen molar-refractivity contribution in [2.24, 2.45) is 23.2 Å². The van der Waals surface area contributed by atoms with Crippen molar-refractivity contribution in [1.29, 1.82) is 0 Å². The average molecular weight is 597 g/mol. The summed E-state index contributed by atoms with van der Waals surface area (Å²) in [5, 5.41) is 0. The highest BCUT2D eigenvalue weighted by molar-refractivity contribution is 5.95. The molecule has 0 aliphatic heterocycles. The molecule has 43 heavy (non-hydrogen) atoms. The van der Waals surface area contributed by atoms with E-state index >= 15 is 0 Å². The predicted octanol–water partition coefficient (Wildman–Crippen LogP) is 4.35. The summed E-state index contributed by atoms with van der Waals surface area (Å²) in [6.45, 7) is 11.6. The number of carbonyl (C=O) groups is 6. The Labute approximate surface area is 251 Å². The van der Waals surface area contributed by atoms with Crippen LogP contribution in [0.1, 0.15) is 72.2 Å². The van der Waals surface area contributed by atoms with E-state index in [4.69, 9.17) is 18.9 Å². The SMILES string of the molecule is CC(=O)OC1C(=O)C(C)(C)C=CC(C)C(=O)C2(OC(C)=O)CC(C)C(OC(=O)c3ccccc3)C2C=C(C)C1OC(C)=O. The van der Waals surface area contributed by atoms with Crippen molar-refractivity contribution in [3.63, 3.8) is 0 Å². The number of Topliss-reactive ketones (excluding diaryl/α,β-unsaturated/α-hetero) is 2. The van der Waals surface area contributed by atoms with E-state index in [0.29, 0.717) is 0 Å². The zero-order chi connectivity index (χ0) is 32.3. The summed E-state index contributed by atoms with van der Waals surface area (Å²) in [6.07, 6.45) is 0.776. The molecule has 7 unspecified atom stereocenters. The molecule has 1 aromatic rings. The summed E-state index contributed by atoms with van der Waals surface area (Å²) in [6, 6.07) is 8.31. The van der Waals surface area contributed by atoms with Crippen molar-refractivity contribution in [3.8, 4) is 0 Å². The van der Waals surface area contributed by atoms with E-state index in [1.165, 1.54) is 19.1 Å². The molecule has 7 atom stereocenters. The summed E-state index contributed by atoms with van der Waals surface area (Å²) in [5.41, 5.74) is -2.48. The fourth-order valence-electron chi connectivity index (χ4n) is 5.90. The Balaban J connectivity index is 2.31. The van der Waals surface area contributed by atoms with Crippen LogP contribution in [0.5, 0.6) is 0 Å². The van der Waals surface area contributed by atoms with Gasteiger partial charge in [0.1, 0.15) is 6.10 Å². The molecule has 2 aliphatic rings. The molecule has 10 heteroatoms. The second kappa shape index (κ2) is 13.1. The molecule has 232 valence electrons. The van der Waals surface area contributed by atoms with Crippen molar-refractivity contribution in [3.05, 3.63) is 59.7 Å². The van der Waals surface area contributed by atoms with Gasteiger partial charge in [0, 0.05) is 38.5 Å². The van der Waals surface area contributed by atoms with Gasteiger partial charge in [-0.3, -0.25) is 24.0 Å². The maximum absolute atomic E-state index is 14.3. The number of fused-ring (bicyclic) bond motifs is 1. The van der Waals surface area contributed by atoms with Crippen LogP contribution in [0, 0.1) is 23.2 Å². The second-order valence-corrected chi connectivity index (χ2v) is 12.0. The van der Waals surface area contributed by atoms with Gasteiger partial charge in [-0.15, -0.1) is 0 Å². The lowest BCUT2D eigenvalue weighted by Crippen LogP contribution is -2.51. The molecular formula is C33H40O10. The van der Waals surface area contributed by atoms with Gasteiger partial charge in [-0.05, 0) is 44.4 Å². The topological polar surface area (TPSA) is 139 Å². The summed E-state index contributed by atoms with van der Waals surface area (Å²) >= 11 is 0. The lowest BCUT2D eigenvalue weighted by atomic mass is 9.76. The second-order valence-electron chi connectivity index (χ2n) is 12.0. The molecular weight excluding hydrogens is 556 g/mol. The molecule has 1 aromatic carbocycles. The maximum atomic E-state index is 14.3. The van der Waals surface area contributed by atoms with E-state index in [2.05, 4.69) is 0 Å². The first-order valence-corrected chi connectivity index (χ1v) is 14.3. The Bertz CT molecular complexity index is 1340. The average Bonchev–Trinajstić information content (AvgIpc) is 3.17. The van der Waals surface area contributed by atoms with Crippen LogP contribution in [0.25, 0.3) is 0 Å². The molecule has 0 saturated heterocycles. The molecule has 1 saturated carbocycles. The summed E-state index contributed by atoms with van der Waals surface area (Å²) in [4.78, 5) is 78.3. The minimum absolute atomic E-state index is 0.0404. The van der Waals surface area contributed by atoms with Gasteiger partial charge in [0.15, 0.2) is 23.3 Å². The molecule has 3 rings (SSSR count). The summed E-state index contributed by atoms with van der Waals surface area (Å²) in [5.74, 6) is -6.18. The van der Waals surface area contributed by atoms with Crippen molar-refractivity contribution >= 4 is 35.4 Å². The smallest absolute Gasteiger partial charge is 0.338 e. The quantitative estimate of drug-likeness (QED) is 0.274. The van der Waals surface area contributed by atoms with Crippen molar-refractivity contribution < 1.29 is 47.7 Å². The number of benzene rings is 1. The highest BCUT2D eigenvalue weighted by atomic mass is 16.6. The molecule has 0 bridgehead atoms. The number of esters is 4. The zero-order valence-electron chi connectivity index (χ0n) is 25.9.